The third-order valence-corrected chi connectivity index (χ3v) is 4.76. The highest BCUT2D eigenvalue weighted by Gasteiger charge is 2.17. The summed E-state index contributed by atoms with van der Waals surface area (Å²) in [7, 11) is 1.48. The molecule has 0 fully saturated rings. The highest BCUT2D eigenvalue weighted by Crippen LogP contribution is 2.21. The Kier molecular flexibility index (Phi) is 7.92. The molecule has 2 N–H and O–H groups in total. The number of carbonyl (C=O) groups excluding carboxylic acids is 2. The summed E-state index contributed by atoms with van der Waals surface area (Å²) >= 11 is 0. The van der Waals surface area contributed by atoms with E-state index in [1.54, 1.807) is 12.1 Å². The number of primary amides is 1. The number of nitrogens with two attached hydrogens (primary N) is 1. The van der Waals surface area contributed by atoms with Gasteiger partial charge in [-0.2, -0.15) is 0 Å². The molecule has 0 heterocycles. The van der Waals surface area contributed by atoms with E-state index in [2.05, 4.69) is 4.90 Å². The third-order valence-electron chi connectivity index (χ3n) is 4.76. The maximum atomic E-state index is 13.1. The average molecular weight is 418 g/mol. The minimum absolute atomic E-state index is 0.0184. The van der Waals surface area contributed by atoms with E-state index < -0.39 is 5.91 Å². The predicted molar refractivity (Wildman–Crippen MR) is 119 cm³/mol. The van der Waals surface area contributed by atoms with Crippen LogP contribution in [0.2, 0.25) is 0 Å². The van der Waals surface area contributed by atoms with Crippen molar-refractivity contribution in [1.82, 2.24) is 4.90 Å². The van der Waals surface area contributed by atoms with Crippen molar-refractivity contribution < 1.29 is 19.1 Å². The van der Waals surface area contributed by atoms with Crippen LogP contribution in [-0.2, 0) is 17.8 Å². The van der Waals surface area contributed by atoms with Crippen LogP contribution in [0.15, 0.2) is 78.9 Å². The Labute approximate surface area is 182 Å². The van der Waals surface area contributed by atoms with Crippen LogP contribution in [-0.4, -0.2) is 37.0 Å². The first-order valence-corrected chi connectivity index (χ1v) is 9.96. The number of rotatable bonds is 11. The molecule has 31 heavy (non-hydrogen) atoms. The van der Waals surface area contributed by atoms with E-state index in [-0.39, 0.29) is 30.4 Å². The van der Waals surface area contributed by atoms with Crippen molar-refractivity contribution in [1.29, 1.82) is 0 Å². The Bertz CT molecular complexity index is 965. The van der Waals surface area contributed by atoms with Gasteiger partial charge in [-0.25, -0.2) is 0 Å². The molecule has 0 radical (unpaired) electrons. The maximum Gasteiger partial charge on any atom is 0.252 e. The third kappa shape index (κ3) is 6.50. The van der Waals surface area contributed by atoms with Crippen molar-refractivity contribution in [2.24, 2.45) is 5.73 Å². The number of hydrogen-bond donors (Lipinski definition) is 1. The van der Waals surface area contributed by atoms with Crippen LogP contribution in [0.25, 0.3) is 0 Å². The number of methoxy groups -OCH3 is 1. The zero-order valence-electron chi connectivity index (χ0n) is 17.5. The van der Waals surface area contributed by atoms with Crippen molar-refractivity contribution in [3.8, 4) is 5.75 Å². The van der Waals surface area contributed by atoms with Gasteiger partial charge in [-0.05, 0) is 29.3 Å². The first kappa shape index (κ1) is 22.2. The van der Waals surface area contributed by atoms with E-state index in [4.69, 9.17) is 15.2 Å². The van der Waals surface area contributed by atoms with Gasteiger partial charge in [0.05, 0.1) is 12.1 Å². The van der Waals surface area contributed by atoms with Gasteiger partial charge in [0, 0.05) is 25.8 Å². The molecule has 0 saturated carbocycles. The summed E-state index contributed by atoms with van der Waals surface area (Å²) in [5, 5.41) is 0. The van der Waals surface area contributed by atoms with Gasteiger partial charge < -0.3 is 15.2 Å². The van der Waals surface area contributed by atoms with E-state index in [0.29, 0.717) is 18.7 Å². The SMILES string of the molecule is COCOc1ccc(C(=O)CN(Cc2ccccc2)Cc2ccccc2)cc1C(N)=O. The minimum atomic E-state index is -0.661. The fraction of sp³-hybridized carbons (Fsp3) is 0.200. The summed E-state index contributed by atoms with van der Waals surface area (Å²) in [5.41, 5.74) is 8.28. The van der Waals surface area contributed by atoms with Crippen LogP contribution in [0, 0.1) is 0 Å². The molecule has 0 aliphatic heterocycles. The number of nitrogens with zero attached hydrogens (tertiary/aromatic N) is 1. The molecule has 0 aromatic heterocycles. The molecule has 6 heteroatoms. The lowest BCUT2D eigenvalue weighted by Gasteiger charge is -2.22. The Morgan fingerprint density at radius 3 is 1.97 bits per heavy atom. The quantitative estimate of drug-likeness (QED) is 0.380. The van der Waals surface area contributed by atoms with Crippen LogP contribution >= 0.6 is 0 Å². The van der Waals surface area contributed by atoms with Crippen LogP contribution < -0.4 is 10.5 Å². The van der Waals surface area contributed by atoms with E-state index in [1.807, 2.05) is 60.7 Å². The molecule has 3 aromatic carbocycles. The van der Waals surface area contributed by atoms with Crippen molar-refractivity contribution in [3.63, 3.8) is 0 Å². The summed E-state index contributed by atoms with van der Waals surface area (Å²) in [5.74, 6) is -0.477. The van der Waals surface area contributed by atoms with Crippen LogP contribution in [0.5, 0.6) is 5.75 Å². The standard InChI is InChI=1S/C25H26N2O4/c1-30-18-31-24-13-12-21(14-22(24)25(26)29)23(28)17-27(15-19-8-4-2-5-9-19)16-20-10-6-3-7-11-20/h2-14H,15-18H2,1H3,(H2,26,29). The fourth-order valence-corrected chi connectivity index (χ4v) is 3.29. The summed E-state index contributed by atoms with van der Waals surface area (Å²) in [6.07, 6.45) is 0. The molecule has 0 atom stereocenters. The predicted octanol–water partition coefficient (Wildman–Crippen LogP) is 3.65. The van der Waals surface area contributed by atoms with Crippen LogP contribution in [0.3, 0.4) is 0 Å². The van der Waals surface area contributed by atoms with E-state index in [0.717, 1.165) is 11.1 Å². The van der Waals surface area contributed by atoms with Gasteiger partial charge in [-0.1, -0.05) is 60.7 Å². The second-order valence-corrected chi connectivity index (χ2v) is 7.17. The minimum Gasteiger partial charge on any atom is -0.467 e. The summed E-state index contributed by atoms with van der Waals surface area (Å²) < 4.78 is 10.3. The number of ketones is 1. The molecular weight excluding hydrogens is 392 g/mol. The lowest BCUT2D eigenvalue weighted by atomic mass is 10.0. The number of hydrogen-bond acceptors (Lipinski definition) is 5. The first-order chi connectivity index (χ1) is 15.1. The summed E-state index contributed by atoms with van der Waals surface area (Å²) in [6, 6.07) is 24.7. The highest BCUT2D eigenvalue weighted by atomic mass is 16.7. The number of amides is 1. The molecule has 1 amide bonds. The molecule has 0 saturated heterocycles. The zero-order chi connectivity index (χ0) is 22.1. The fourth-order valence-electron chi connectivity index (χ4n) is 3.29. The van der Waals surface area contributed by atoms with Gasteiger partial charge >= 0.3 is 0 Å². The van der Waals surface area contributed by atoms with E-state index in [9.17, 15) is 9.59 Å². The molecule has 0 bridgehead atoms. The van der Waals surface area contributed by atoms with Crippen molar-refractivity contribution >= 4 is 11.7 Å². The summed E-state index contributed by atoms with van der Waals surface area (Å²) in [4.78, 5) is 27.0. The number of benzene rings is 3. The lowest BCUT2D eigenvalue weighted by molar-refractivity contribution is 0.0502. The first-order valence-electron chi connectivity index (χ1n) is 9.96. The van der Waals surface area contributed by atoms with Crippen molar-refractivity contribution in [2.45, 2.75) is 13.1 Å². The monoisotopic (exact) mass is 418 g/mol. The van der Waals surface area contributed by atoms with Crippen molar-refractivity contribution in [3.05, 3.63) is 101 Å². The molecule has 3 rings (SSSR count). The van der Waals surface area contributed by atoms with E-state index in [1.165, 1.54) is 13.2 Å². The normalized spacial score (nSPS) is 10.8. The average Bonchev–Trinajstić information content (AvgIpc) is 2.78. The van der Waals surface area contributed by atoms with E-state index >= 15 is 0 Å². The Balaban J connectivity index is 1.80. The molecule has 0 aliphatic rings. The Morgan fingerprint density at radius 1 is 0.871 bits per heavy atom. The molecule has 0 aliphatic carbocycles. The molecule has 0 unspecified atom stereocenters. The molecule has 0 spiro atoms. The second kappa shape index (κ2) is 11.1. The molecule has 3 aromatic rings. The zero-order valence-corrected chi connectivity index (χ0v) is 17.5. The van der Waals surface area contributed by atoms with Gasteiger partial charge in [-0.3, -0.25) is 14.5 Å². The Morgan fingerprint density at radius 2 is 1.45 bits per heavy atom. The number of Topliss-reactive ketones (excluding diaryl/α,β-unsaturated/α-hetero) is 1. The van der Waals surface area contributed by atoms with Gasteiger partial charge in [-0.15, -0.1) is 0 Å². The van der Waals surface area contributed by atoms with Crippen molar-refractivity contribution in [2.75, 3.05) is 20.4 Å². The topological polar surface area (TPSA) is 81.9 Å². The largest absolute Gasteiger partial charge is 0.467 e. The van der Waals surface area contributed by atoms with Gasteiger partial charge in [0.2, 0.25) is 0 Å². The van der Waals surface area contributed by atoms with Crippen LogP contribution in [0.1, 0.15) is 31.8 Å². The number of carbonyl (C=O) groups is 2. The number of ether oxygens (including phenoxy) is 2. The van der Waals surface area contributed by atoms with Gasteiger partial charge in [0.15, 0.2) is 12.6 Å². The maximum absolute atomic E-state index is 13.1. The molecular formula is C25H26N2O4. The molecule has 6 nitrogen and oxygen atoms in total. The second-order valence-electron chi connectivity index (χ2n) is 7.17. The Hall–Kier alpha value is -3.48. The van der Waals surface area contributed by atoms with Crippen LogP contribution in [0.4, 0.5) is 0 Å². The highest BCUT2D eigenvalue weighted by molar-refractivity contribution is 6.02. The summed E-state index contributed by atoms with van der Waals surface area (Å²) in [6.45, 7) is 1.42. The van der Waals surface area contributed by atoms with Gasteiger partial charge in [0.1, 0.15) is 5.75 Å². The molecule has 160 valence electrons. The van der Waals surface area contributed by atoms with Gasteiger partial charge in [0.25, 0.3) is 5.91 Å². The smallest absolute Gasteiger partial charge is 0.252 e. The lowest BCUT2D eigenvalue weighted by Crippen LogP contribution is -2.29.